The van der Waals surface area contributed by atoms with Crippen molar-refractivity contribution in [3.8, 4) is 0 Å². The number of hydrogen-bond donors (Lipinski definition) is 2. The van der Waals surface area contributed by atoms with Crippen LogP contribution >= 0.6 is 23.2 Å². The van der Waals surface area contributed by atoms with Crippen LogP contribution in [0.15, 0.2) is 18.2 Å². The van der Waals surface area contributed by atoms with E-state index >= 15 is 0 Å². The Morgan fingerprint density at radius 2 is 1.83 bits per heavy atom. The first-order valence-corrected chi connectivity index (χ1v) is 6.45. The fourth-order valence-corrected chi connectivity index (χ4v) is 2.02. The van der Waals surface area contributed by atoms with E-state index < -0.39 is 0 Å². The quantitative estimate of drug-likeness (QED) is 0.875. The molecule has 0 aromatic heterocycles. The number of amides is 1. The Bertz CT molecular complexity index is 413. The Labute approximate surface area is 117 Å². The largest absolute Gasteiger partial charge is 0.396 e. The van der Waals surface area contributed by atoms with Gasteiger partial charge in [0.2, 0.25) is 0 Å². The highest BCUT2D eigenvalue weighted by Crippen LogP contribution is 2.20. The third-order valence-corrected chi connectivity index (χ3v) is 3.08. The van der Waals surface area contributed by atoms with Crippen molar-refractivity contribution in [2.75, 3.05) is 13.2 Å². The Morgan fingerprint density at radius 1 is 1.28 bits per heavy atom. The van der Waals surface area contributed by atoms with Gasteiger partial charge in [-0.2, -0.15) is 0 Å². The zero-order valence-corrected chi connectivity index (χ0v) is 12.0. The highest BCUT2D eigenvalue weighted by molar-refractivity contribution is 6.35. The smallest absolute Gasteiger partial charge is 0.251 e. The van der Waals surface area contributed by atoms with Crippen LogP contribution in [0.25, 0.3) is 0 Å². The Morgan fingerprint density at radius 3 is 2.33 bits per heavy atom. The van der Waals surface area contributed by atoms with E-state index in [0.29, 0.717) is 28.6 Å². The predicted molar refractivity (Wildman–Crippen MR) is 74.3 cm³/mol. The van der Waals surface area contributed by atoms with E-state index in [1.54, 1.807) is 18.2 Å². The molecular formula is C13H17Cl2NO2. The predicted octanol–water partition coefficient (Wildman–Crippen LogP) is 3.13. The van der Waals surface area contributed by atoms with Gasteiger partial charge in [-0.3, -0.25) is 4.79 Å². The van der Waals surface area contributed by atoms with Crippen molar-refractivity contribution in [3.63, 3.8) is 0 Å². The minimum Gasteiger partial charge on any atom is -0.396 e. The van der Waals surface area contributed by atoms with Crippen LogP contribution in [0, 0.1) is 5.41 Å². The van der Waals surface area contributed by atoms with Gasteiger partial charge in [-0.05, 0) is 30.0 Å². The molecule has 0 saturated heterocycles. The topological polar surface area (TPSA) is 49.3 Å². The maximum Gasteiger partial charge on any atom is 0.251 e. The van der Waals surface area contributed by atoms with Crippen LogP contribution in [-0.4, -0.2) is 24.2 Å². The summed E-state index contributed by atoms with van der Waals surface area (Å²) in [6.07, 6.45) is 0.629. The van der Waals surface area contributed by atoms with E-state index in [9.17, 15) is 4.79 Å². The van der Waals surface area contributed by atoms with Crippen LogP contribution in [0.4, 0.5) is 0 Å². The first-order chi connectivity index (χ1) is 8.34. The summed E-state index contributed by atoms with van der Waals surface area (Å²) in [6.45, 7) is 4.55. The number of carbonyl (C=O) groups is 1. The van der Waals surface area contributed by atoms with Gasteiger partial charge in [0.1, 0.15) is 0 Å². The van der Waals surface area contributed by atoms with E-state index in [-0.39, 0.29) is 17.9 Å². The summed E-state index contributed by atoms with van der Waals surface area (Å²) >= 11 is 11.7. The number of hydrogen-bond acceptors (Lipinski definition) is 2. The summed E-state index contributed by atoms with van der Waals surface area (Å²) in [5.41, 5.74) is 0.291. The maximum absolute atomic E-state index is 11.9. The van der Waals surface area contributed by atoms with Crippen molar-refractivity contribution in [3.05, 3.63) is 33.8 Å². The fraction of sp³-hybridized carbons (Fsp3) is 0.462. The van der Waals surface area contributed by atoms with Crippen molar-refractivity contribution >= 4 is 29.1 Å². The van der Waals surface area contributed by atoms with E-state index in [1.165, 1.54) is 0 Å². The number of benzene rings is 1. The van der Waals surface area contributed by atoms with Gasteiger partial charge in [0.25, 0.3) is 5.91 Å². The lowest BCUT2D eigenvalue weighted by Gasteiger charge is -2.23. The minimum absolute atomic E-state index is 0.103. The number of nitrogens with one attached hydrogen (secondary N) is 1. The van der Waals surface area contributed by atoms with Gasteiger partial charge < -0.3 is 10.4 Å². The van der Waals surface area contributed by atoms with Gasteiger partial charge in [-0.1, -0.05) is 37.0 Å². The van der Waals surface area contributed by atoms with E-state index in [2.05, 4.69) is 5.32 Å². The molecule has 18 heavy (non-hydrogen) atoms. The lowest BCUT2D eigenvalue weighted by molar-refractivity contribution is 0.0928. The normalized spacial score (nSPS) is 11.4. The summed E-state index contributed by atoms with van der Waals surface area (Å²) in [6, 6.07) is 4.72. The van der Waals surface area contributed by atoms with Crippen LogP contribution in [0.3, 0.4) is 0 Å². The van der Waals surface area contributed by atoms with Crippen LogP contribution in [0.5, 0.6) is 0 Å². The van der Waals surface area contributed by atoms with Crippen LogP contribution in [-0.2, 0) is 0 Å². The third-order valence-electron chi connectivity index (χ3n) is 2.64. The molecule has 0 fully saturated rings. The van der Waals surface area contributed by atoms with E-state index in [4.69, 9.17) is 28.3 Å². The van der Waals surface area contributed by atoms with Crippen LogP contribution in [0.2, 0.25) is 10.0 Å². The van der Waals surface area contributed by atoms with Gasteiger partial charge in [-0.15, -0.1) is 0 Å². The summed E-state index contributed by atoms with van der Waals surface area (Å²) < 4.78 is 0. The molecule has 0 atom stereocenters. The lowest BCUT2D eigenvalue weighted by Crippen LogP contribution is -2.34. The Balaban J connectivity index is 2.66. The molecule has 0 aliphatic rings. The van der Waals surface area contributed by atoms with Crippen LogP contribution < -0.4 is 5.32 Å². The molecular weight excluding hydrogens is 273 g/mol. The molecule has 0 spiro atoms. The molecule has 2 N–H and O–H groups in total. The molecule has 100 valence electrons. The van der Waals surface area contributed by atoms with Gasteiger partial charge in [0.05, 0.1) is 0 Å². The molecule has 5 heteroatoms. The summed E-state index contributed by atoms with van der Waals surface area (Å²) in [4.78, 5) is 11.9. The molecule has 1 rings (SSSR count). The van der Waals surface area contributed by atoms with Crippen molar-refractivity contribution in [1.82, 2.24) is 5.32 Å². The zero-order chi connectivity index (χ0) is 13.8. The van der Waals surface area contributed by atoms with E-state index in [0.717, 1.165) is 0 Å². The number of rotatable bonds is 5. The van der Waals surface area contributed by atoms with Crippen molar-refractivity contribution in [2.24, 2.45) is 5.41 Å². The number of halogens is 2. The second-order valence-electron chi connectivity index (χ2n) is 4.98. The van der Waals surface area contributed by atoms with Gasteiger partial charge in [-0.25, -0.2) is 0 Å². The molecule has 0 saturated carbocycles. The molecule has 0 heterocycles. The average Bonchev–Trinajstić information content (AvgIpc) is 2.24. The maximum atomic E-state index is 11.9. The monoisotopic (exact) mass is 289 g/mol. The minimum atomic E-state index is -0.217. The van der Waals surface area contributed by atoms with Gasteiger partial charge in [0.15, 0.2) is 0 Å². The molecule has 1 aromatic carbocycles. The molecule has 1 amide bonds. The summed E-state index contributed by atoms with van der Waals surface area (Å²) in [5.74, 6) is -0.217. The van der Waals surface area contributed by atoms with E-state index in [1.807, 2.05) is 13.8 Å². The number of aliphatic hydroxyl groups excluding tert-OH is 1. The first kappa shape index (κ1) is 15.3. The highest BCUT2D eigenvalue weighted by atomic mass is 35.5. The second kappa shape index (κ2) is 6.41. The van der Waals surface area contributed by atoms with Crippen molar-refractivity contribution < 1.29 is 9.90 Å². The third kappa shape index (κ3) is 4.84. The second-order valence-corrected chi connectivity index (χ2v) is 5.85. The molecule has 0 aliphatic heterocycles. The van der Waals surface area contributed by atoms with Gasteiger partial charge in [0, 0.05) is 28.8 Å². The molecule has 0 radical (unpaired) electrons. The summed E-state index contributed by atoms with van der Waals surface area (Å²) in [7, 11) is 0. The standard InChI is InChI=1S/C13H17Cl2NO2/c1-13(2,3-4-17)8-16-12(18)9-5-10(14)7-11(15)6-9/h5-7,17H,3-4,8H2,1-2H3,(H,16,18). The Hall–Kier alpha value is -0.770. The molecule has 0 aliphatic carbocycles. The van der Waals surface area contributed by atoms with Crippen molar-refractivity contribution in [2.45, 2.75) is 20.3 Å². The molecule has 0 bridgehead atoms. The number of carbonyl (C=O) groups excluding carboxylic acids is 1. The SMILES string of the molecule is CC(C)(CCO)CNC(=O)c1cc(Cl)cc(Cl)c1. The Kier molecular flexibility index (Phi) is 5.45. The highest BCUT2D eigenvalue weighted by Gasteiger charge is 2.18. The molecule has 0 unspecified atom stereocenters. The summed E-state index contributed by atoms with van der Waals surface area (Å²) in [5, 5.41) is 12.6. The van der Waals surface area contributed by atoms with Crippen molar-refractivity contribution in [1.29, 1.82) is 0 Å². The number of aliphatic hydroxyl groups is 1. The fourth-order valence-electron chi connectivity index (χ4n) is 1.50. The lowest BCUT2D eigenvalue weighted by atomic mass is 9.89. The first-order valence-electron chi connectivity index (χ1n) is 5.69. The molecule has 3 nitrogen and oxygen atoms in total. The van der Waals surface area contributed by atoms with Gasteiger partial charge >= 0.3 is 0 Å². The zero-order valence-electron chi connectivity index (χ0n) is 10.5. The average molecular weight is 290 g/mol. The molecule has 1 aromatic rings. The van der Waals surface area contributed by atoms with Crippen LogP contribution in [0.1, 0.15) is 30.6 Å².